The molecule has 0 aromatic carbocycles. The van der Waals surface area contributed by atoms with Gasteiger partial charge in [0.2, 0.25) is 0 Å². The largest absolute Gasteiger partial charge is 0.382 e. The van der Waals surface area contributed by atoms with E-state index in [4.69, 9.17) is 9.47 Å². The molecule has 0 aromatic rings. The second kappa shape index (κ2) is 8.67. The van der Waals surface area contributed by atoms with Crippen LogP contribution in [0.25, 0.3) is 0 Å². The summed E-state index contributed by atoms with van der Waals surface area (Å²) in [6.45, 7) is 6.98. The van der Waals surface area contributed by atoms with Crippen molar-refractivity contribution in [3.8, 4) is 0 Å². The maximum atomic E-state index is 11.4. The Balaban J connectivity index is 3.42. The van der Waals surface area contributed by atoms with Crippen LogP contribution in [0.15, 0.2) is 0 Å². The number of Topliss-reactive ketones (excluding diaryl/α,β-unsaturated/α-hetero) is 1. The summed E-state index contributed by atoms with van der Waals surface area (Å²) in [5, 5.41) is 9.60. The number of ketones is 1. The lowest BCUT2D eigenvalue weighted by atomic mass is 9.99. The first-order chi connectivity index (χ1) is 7.54. The normalized spacial score (nSPS) is 14.8. The molecule has 1 atom stereocenters. The first-order valence-corrected chi connectivity index (χ1v) is 5.95. The van der Waals surface area contributed by atoms with E-state index in [1.165, 1.54) is 6.92 Å². The van der Waals surface area contributed by atoms with E-state index in [1.54, 1.807) is 6.92 Å². The van der Waals surface area contributed by atoms with Crippen LogP contribution in [0.4, 0.5) is 0 Å². The molecule has 96 valence electrons. The van der Waals surface area contributed by atoms with Crippen LogP contribution in [0.1, 0.15) is 40.0 Å². The quantitative estimate of drug-likeness (QED) is 0.581. The predicted molar refractivity (Wildman–Crippen MR) is 62.5 cm³/mol. The first kappa shape index (κ1) is 15.6. The number of rotatable bonds is 10. The van der Waals surface area contributed by atoms with Gasteiger partial charge < -0.3 is 14.6 Å². The molecule has 0 heterocycles. The minimum Gasteiger partial charge on any atom is -0.382 e. The van der Waals surface area contributed by atoms with E-state index in [-0.39, 0.29) is 12.4 Å². The van der Waals surface area contributed by atoms with E-state index in [0.29, 0.717) is 19.6 Å². The van der Waals surface area contributed by atoms with Crippen LogP contribution < -0.4 is 0 Å². The van der Waals surface area contributed by atoms with Crippen molar-refractivity contribution in [2.24, 2.45) is 0 Å². The highest BCUT2D eigenvalue weighted by atomic mass is 16.5. The molecule has 0 bridgehead atoms. The summed E-state index contributed by atoms with van der Waals surface area (Å²) in [4.78, 5) is 11.4. The highest BCUT2D eigenvalue weighted by Gasteiger charge is 2.27. The lowest BCUT2D eigenvalue weighted by molar-refractivity contribution is -0.141. The summed E-state index contributed by atoms with van der Waals surface area (Å²) >= 11 is 0. The molecule has 4 nitrogen and oxygen atoms in total. The number of carbonyl (C=O) groups is 1. The highest BCUT2D eigenvalue weighted by molar-refractivity contribution is 5.87. The fourth-order valence-corrected chi connectivity index (χ4v) is 0.984. The molecule has 0 rings (SSSR count). The molecule has 0 aliphatic carbocycles. The van der Waals surface area contributed by atoms with Crippen LogP contribution in [-0.4, -0.2) is 42.9 Å². The molecule has 0 saturated carbocycles. The lowest BCUT2D eigenvalue weighted by Crippen LogP contribution is -2.37. The van der Waals surface area contributed by atoms with Gasteiger partial charge in [-0.15, -0.1) is 0 Å². The van der Waals surface area contributed by atoms with Gasteiger partial charge in [-0.25, -0.2) is 0 Å². The van der Waals surface area contributed by atoms with Crippen molar-refractivity contribution >= 4 is 5.78 Å². The molecule has 0 saturated heterocycles. The van der Waals surface area contributed by atoms with Gasteiger partial charge in [-0.2, -0.15) is 0 Å². The number of hydrogen-bond acceptors (Lipinski definition) is 4. The van der Waals surface area contributed by atoms with Gasteiger partial charge in [0.25, 0.3) is 0 Å². The van der Waals surface area contributed by atoms with E-state index < -0.39 is 5.60 Å². The molecule has 4 heteroatoms. The van der Waals surface area contributed by atoms with Gasteiger partial charge in [-0.1, -0.05) is 20.3 Å². The maximum absolute atomic E-state index is 11.4. The molecule has 0 spiro atoms. The van der Waals surface area contributed by atoms with Crippen molar-refractivity contribution in [1.29, 1.82) is 0 Å². The average Bonchev–Trinajstić information content (AvgIpc) is 2.27. The summed E-state index contributed by atoms with van der Waals surface area (Å²) in [6.07, 6.45) is 2.56. The van der Waals surface area contributed by atoms with E-state index in [0.717, 1.165) is 19.4 Å². The number of ether oxygens (including phenoxy) is 2. The van der Waals surface area contributed by atoms with Crippen molar-refractivity contribution in [2.45, 2.75) is 45.6 Å². The Morgan fingerprint density at radius 1 is 1.19 bits per heavy atom. The van der Waals surface area contributed by atoms with Gasteiger partial charge in [-0.05, 0) is 19.8 Å². The van der Waals surface area contributed by atoms with Crippen molar-refractivity contribution in [3.05, 3.63) is 0 Å². The summed E-state index contributed by atoms with van der Waals surface area (Å²) in [5.41, 5.74) is -1.26. The van der Waals surface area contributed by atoms with E-state index in [9.17, 15) is 9.90 Å². The lowest BCUT2D eigenvalue weighted by Gasteiger charge is -2.19. The number of hydrogen-bond donors (Lipinski definition) is 1. The molecule has 0 radical (unpaired) electrons. The summed E-state index contributed by atoms with van der Waals surface area (Å²) in [5.74, 6) is -0.274. The number of aliphatic hydroxyl groups is 1. The Kier molecular flexibility index (Phi) is 8.43. The molecular weight excluding hydrogens is 208 g/mol. The Morgan fingerprint density at radius 3 is 2.38 bits per heavy atom. The van der Waals surface area contributed by atoms with Gasteiger partial charge in [-0.3, -0.25) is 4.79 Å². The fraction of sp³-hybridized carbons (Fsp3) is 0.917. The monoisotopic (exact) mass is 232 g/mol. The minimum atomic E-state index is -1.26. The molecular formula is C12H24O4. The van der Waals surface area contributed by atoms with Gasteiger partial charge >= 0.3 is 0 Å². The zero-order valence-electron chi connectivity index (χ0n) is 10.6. The van der Waals surface area contributed by atoms with Crippen molar-refractivity contribution in [3.63, 3.8) is 0 Å². The second-order valence-corrected chi connectivity index (χ2v) is 4.07. The van der Waals surface area contributed by atoms with E-state index >= 15 is 0 Å². The van der Waals surface area contributed by atoms with E-state index in [1.807, 2.05) is 0 Å². The molecule has 0 aliphatic heterocycles. The van der Waals surface area contributed by atoms with Crippen LogP contribution in [0.5, 0.6) is 0 Å². The molecule has 0 aromatic heterocycles. The highest BCUT2D eigenvalue weighted by Crippen LogP contribution is 2.09. The molecule has 0 aliphatic rings. The third-order valence-corrected chi connectivity index (χ3v) is 2.54. The minimum absolute atomic E-state index is 0.0437. The molecule has 0 fully saturated rings. The standard InChI is InChI=1S/C12H24O4/c1-4-6-7-15-8-9-16-10-11(13)12(3,14)5-2/h14H,4-10H2,1-3H3. The van der Waals surface area contributed by atoms with Crippen LogP contribution in [0, 0.1) is 0 Å². The third-order valence-electron chi connectivity index (χ3n) is 2.54. The zero-order chi connectivity index (χ0) is 12.4. The zero-order valence-corrected chi connectivity index (χ0v) is 10.6. The predicted octanol–water partition coefficient (Wildman–Crippen LogP) is 1.55. The molecule has 16 heavy (non-hydrogen) atoms. The number of carbonyl (C=O) groups excluding carboxylic acids is 1. The van der Waals surface area contributed by atoms with E-state index in [2.05, 4.69) is 6.92 Å². The Bertz CT molecular complexity index is 189. The molecule has 1 unspecified atom stereocenters. The first-order valence-electron chi connectivity index (χ1n) is 5.95. The number of unbranched alkanes of at least 4 members (excludes halogenated alkanes) is 1. The van der Waals surface area contributed by atoms with Crippen LogP contribution in [-0.2, 0) is 14.3 Å². The summed E-state index contributed by atoms with van der Waals surface area (Å²) in [6, 6.07) is 0. The van der Waals surface area contributed by atoms with Crippen molar-refractivity contribution in [2.75, 3.05) is 26.4 Å². The van der Waals surface area contributed by atoms with Gasteiger partial charge in [0.15, 0.2) is 5.78 Å². The van der Waals surface area contributed by atoms with Gasteiger partial charge in [0.05, 0.1) is 13.2 Å². The smallest absolute Gasteiger partial charge is 0.189 e. The van der Waals surface area contributed by atoms with Gasteiger partial charge in [0, 0.05) is 6.61 Å². The van der Waals surface area contributed by atoms with Crippen molar-refractivity contribution in [1.82, 2.24) is 0 Å². The SMILES string of the molecule is CCCCOCCOCC(=O)C(C)(O)CC. The van der Waals surface area contributed by atoms with Crippen LogP contribution >= 0.6 is 0 Å². The summed E-state index contributed by atoms with van der Waals surface area (Å²) < 4.78 is 10.4. The average molecular weight is 232 g/mol. The van der Waals surface area contributed by atoms with Gasteiger partial charge in [0.1, 0.15) is 12.2 Å². The molecule has 0 amide bonds. The van der Waals surface area contributed by atoms with Crippen LogP contribution in [0.3, 0.4) is 0 Å². The second-order valence-electron chi connectivity index (χ2n) is 4.07. The topological polar surface area (TPSA) is 55.8 Å². The maximum Gasteiger partial charge on any atom is 0.189 e. The Hall–Kier alpha value is -0.450. The molecule has 1 N–H and O–H groups in total. The van der Waals surface area contributed by atoms with Crippen molar-refractivity contribution < 1.29 is 19.4 Å². The fourth-order valence-electron chi connectivity index (χ4n) is 0.984. The third kappa shape index (κ3) is 6.93. The Labute approximate surface area is 97.9 Å². The summed E-state index contributed by atoms with van der Waals surface area (Å²) in [7, 11) is 0. The van der Waals surface area contributed by atoms with Crippen LogP contribution in [0.2, 0.25) is 0 Å². The Morgan fingerprint density at radius 2 is 1.81 bits per heavy atom.